The minimum absolute atomic E-state index is 0.0275. The van der Waals surface area contributed by atoms with Gasteiger partial charge in [-0.3, -0.25) is 0 Å². The molecule has 0 spiro atoms. The van der Waals surface area contributed by atoms with Crippen LogP contribution in [0.15, 0.2) is 12.2 Å². The molecule has 5 N–H and O–H groups in total. The van der Waals surface area contributed by atoms with Crippen molar-refractivity contribution in [2.75, 3.05) is 13.2 Å². The van der Waals surface area contributed by atoms with Gasteiger partial charge in [0.1, 0.15) is 30.5 Å². The van der Waals surface area contributed by atoms with Crippen molar-refractivity contribution < 1.29 is 44.5 Å². The third-order valence-corrected chi connectivity index (χ3v) is 7.88. The van der Waals surface area contributed by atoms with Crippen LogP contribution < -0.4 is 0 Å². The molecule has 0 aromatic carbocycles. The normalized spacial score (nSPS) is 51.3. The van der Waals surface area contributed by atoms with Crippen LogP contribution in [0.3, 0.4) is 0 Å². The maximum absolute atomic E-state index is 12.1. The van der Waals surface area contributed by atoms with Crippen LogP contribution in [0.5, 0.6) is 0 Å². The molecule has 2 aliphatic heterocycles. The Morgan fingerprint density at radius 1 is 1.10 bits per heavy atom. The average Bonchev–Trinajstić information content (AvgIpc) is 3.02. The zero-order chi connectivity index (χ0) is 21.8. The molecule has 2 saturated carbocycles. The van der Waals surface area contributed by atoms with Gasteiger partial charge < -0.3 is 39.7 Å². The van der Waals surface area contributed by atoms with Crippen LogP contribution in [0.25, 0.3) is 0 Å². The van der Waals surface area contributed by atoms with E-state index >= 15 is 0 Å². The van der Waals surface area contributed by atoms with Crippen molar-refractivity contribution in [1.29, 1.82) is 0 Å². The third-order valence-electron chi connectivity index (χ3n) is 7.88. The molecule has 0 aromatic rings. The van der Waals surface area contributed by atoms with Gasteiger partial charge in [0, 0.05) is 29.4 Å². The van der Waals surface area contributed by atoms with Gasteiger partial charge in [0.25, 0.3) is 0 Å². The van der Waals surface area contributed by atoms with Gasteiger partial charge in [-0.25, -0.2) is 4.79 Å². The molecular weight excluding hydrogens is 396 g/mol. The van der Waals surface area contributed by atoms with Crippen molar-refractivity contribution in [2.45, 2.75) is 75.5 Å². The van der Waals surface area contributed by atoms with Gasteiger partial charge in [-0.1, -0.05) is 13.5 Å². The summed E-state index contributed by atoms with van der Waals surface area (Å²) in [6.45, 7) is 5.38. The van der Waals surface area contributed by atoms with Crippen LogP contribution in [-0.4, -0.2) is 87.6 Å². The quantitative estimate of drug-likeness (QED) is 0.284. The molecular formula is C21H32O9. The minimum atomic E-state index is -1.51. The highest BCUT2D eigenvalue weighted by Crippen LogP contribution is 2.58. The second-order valence-electron chi connectivity index (χ2n) is 9.41. The van der Waals surface area contributed by atoms with Crippen molar-refractivity contribution >= 4 is 5.97 Å². The summed E-state index contributed by atoms with van der Waals surface area (Å²) in [5, 5.41) is 49.9. The zero-order valence-electron chi connectivity index (χ0n) is 17.1. The lowest BCUT2D eigenvalue weighted by atomic mass is 9.52. The molecule has 9 heteroatoms. The van der Waals surface area contributed by atoms with Crippen molar-refractivity contribution in [3.8, 4) is 0 Å². The second-order valence-corrected chi connectivity index (χ2v) is 9.41. The number of hydrogen-bond donors (Lipinski definition) is 5. The summed E-state index contributed by atoms with van der Waals surface area (Å²) in [5.41, 5.74) is 0.0204. The Morgan fingerprint density at radius 2 is 1.83 bits per heavy atom. The largest absolute Gasteiger partial charge is 0.458 e. The molecule has 2 aliphatic carbocycles. The van der Waals surface area contributed by atoms with E-state index in [0.29, 0.717) is 31.3 Å². The number of carbonyl (C=O) groups excluding carboxylic acids is 1. The maximum atomic E-state index is 12.1. The topological polar surface area (TPSA) is 146 Å². The van der Waals surface area contributed by atoms with Gasteiger partial charge in [-0.15, -0.1) is 0 Å². The van der Waals surface area contributed by atoms with E-state index < -0.39 is 42.7 Å². The highest BCUT2D eigenvalue weighted by molar-refractivity contribution is 5.90. The number of aliphatic hydroxyl groups is 5. The van der Waals surface area contributed by atoms with Crippen LogP contribution >= 0.6 is 0 Å². The lowest BCUT2D eigenvalue weighted by Crippen LogP contribution is -2.62. The Bertz CT molecular complexity index is 681. The molecule has 4 aliphatic rings. The van der Waals surface area contributed by atoms with Crippen LogP contribution in [0.2, 0.25) is 0 Å². The summed E-state index contributed by atoms with van der Waals surface area (Å²) in [7, 11) is 0. The van der Waals surface area contributed by atoms with Crippen molar-refractivity contribution in [1.82, 2.24) is 0 Å². The van der Waals surface area contributed by atoms with E-state index in [1.54, 1.807) is 0 Å². The fourth-order valence-electron chi connectivity index (χ4n) is 6.13. The molecule has 0 aromatic heterocycles. The fourth-order valence-corrected chi connectivity index (χ4v) is 6.13. The second kappa shape index (κ2) is 8.12. The fraction of sp³-hybridized carbons (Fsp3) is 0.857. The van der Waals surface area contributed by atoms with E-state index in [1.807, 2.05) is 6.92 Å². The average molecular weight is 428 g/mol. The van der Waals surface area contributed by atoms with E-state index in [4.69, 9.17) is 14.2 Å². The van der Waals surface area contributed by atoms with Gasteiger partial charge in [0.15, 0.2) is 6.29 Å². The number of hydrogen-bond acceptors (Lipinski definition) is 9. The van der Waals surface area contributed by atoms with Crippen molar-refractivity contribution in [3.05, 3.63) is 12.2 Å². The first-order valence-electron chi connectivity index (χ1n) is 10.7. The van der Waals surface area contributed by atoms with E-state index in [-0.39, 0.29) is 42.5 Å². The number of fused-ring (bicyclic) bond motifs is 3. The van der Waals surface area contributed by atoms with Gasteiger partial charge >= 0.3 is 5.97 Å². The number of rotatable bonds is 4. The first-order valence-corrected chi connectivity index (χ1v) is 10.7. The molecule has 4 rings (SSSR count). The number of carbonyl (C=O) groups is 1. The summed E-state index contributed by atoms with van der Waals surface area (Å²) >= 11 is 0. The van der Waals surface area contributed by atoms with Gasteiger partial charge in [-0.05, 0) is 31.6 Å². The lowest BCUT2D eigenvalue weighted by molar-refractivity contribution is -0.329. The summed E-state index contributed by atoms with van der Waals surface area (Å²) in [6.07, 6.45) is -4.78. The Morgan fingerprint density at radius 3 is 2.50 bits per heavy atom. The summed E-state index contributed by atoms with van der Waals surface area (Å²) in [5.74, 6) is -0.664. The lowest BCUT2D eigenvalue weighted by Gasteiger charge is -2.56. The molecule has 0 unspecified atom stereocenters. The minimum Gasteiger partial charge on any atom is -0.458 e. The molecule has 170 valence electrons. The Hall–Kier alpha value is -1.07. The van der Waals surface area contributed by atoms with Crippen LogP contribution in [-0.2, 0) is 19.0 Å². The predicted octanol–water partition coefficient (Wildman–Crippen LogP) is -0.912. The molecule has 2 heterocycles. The SMILES string of the molecule is C=C1C(=O)O[C@@H]2[C@H]3[C@H](CO)CC[C@@H](O[C@@H]4O[C@H](CO)[C@@H](O)[C@H](O)[C@H]4O)[C@]3(C)CC[C@@H]12. The van der Waals surface area contributed by atoms with Crippen LogP contribution in [0.4, 0.5) is 0 Å². The highest BCUT2D eigenvalue weighted by Gasteiger charge is 2.61. The summed E-state index contributed by atoms with van der Waals surface area (Å²) in [6, 6.07) is 0. The number of aliphatic hydroxyl groups excluding tert-OH is 5. The first kappa shape index (κ1) is 22.1. The zero-order valence-corrected chi connectivity index (χ0v) is 17.1. The standard InChI is InChI=1S/C21H32O9/c1-9-11-5-6-21(2)13(4-3-10(7-22)14(21)18(11)30-19(9)27)29-20-17(26)16(25)15(24)12(8-23)28-20/h10-18,20,22-26H,1,3-8H2,2H3/t10-,11-,12+,13+,14+,15+,16-,17+,18-,20-,21-/m0/s1. The van der Waals surface area contributed by atoms with Crippen LogP contribution in [0, 0.1) is 23.2 Å². The van der Waals surface area contributed by atoms with Gasteiger partial charge in [-0.2, -0.15) is 0 Å². The molecule has 0 radical (unpaired) electrons. The van der Waals surface area contributed by atoms with E-state index in [9.17, 15) is 30.3 Å². The first-order chi connectivity index (χ1) is 14.2. The monoisotopic (exact) mass is 428 g/mol. The van der Waals surface area contributed by atoms with Crippen LogP contribution in [0.1, 0.15) is 32.6 Å². The Balaban J connectivity index is 1.58. The summed E-state index contributed by atoms with van der Waals surface area (Å²) in [4.78, 5) is 12.1. The van der Waals surface area contributed by atoms with E-state index in [1.165, 1.54) is 0 Å². The molecule has 0 amide bonds. The van der Waals surface area contributed by atoms with E-state index in [2.05, 4.69) is 6.58 Å². The smallest absolute Gasteiger partial charge is 0.334 e. The summed E-state index contributed by atoms with van der Waals surface area (Å²) < 4.78 is 17.4. The third kappa shape index (κ3) is 3.31. The Labute approximate surface area is 175 Å². The number of esters is 1. The van der Waals surface area contributed by atoms with Gasteiger partial charge in [0.2, 0.25) is 0 Å². The van der Waals surface area contributed by atoms with Gasteiger partial charge in [0.05, 0.1) is 12.7 Å². The van der Waals surface area contributed by atoms with Crippen molar-refractivity contribution in [2.24, 2.45) is 23.2 Å². The highest BCUT2D eigenvalue weighted by atomic mass is 16.7. The Kier molecular flexibility index (Phi) is 6.00. The molecule has 11 atom stereocenters. The number of ether oxygens (including phenoxy) is 3. The molecule has 30 heavy (non-hydrogen) atoms. The predicted molar refractivity (Wildman–Crippen MR) is 102 cm³/mol. The van der Waals surface area contributed by atoms with E-state index in [0.717, 1.165) is 0 Å². The molecule has 2 saturated heterocycles. The maximum Gasteiger partial charge on any atom is 0.334 e. The molecule has 0 bridgehead atoms. The van der Waals surface area contributed by atoms with Crippen molar-refractivity contribution in [3.63, 3.8) is 0 Å². The molecule has 9 nitrogen and oxygen atoms in total. The molecule has 4 fully saturated rings.